The lowest BCUT2D eigenvalue weighted by atomic mass is 10.1. The van der Waals surface area contributed by atoms with Crippen LogP contribution >= 0.6 is 0 Å². The minimum absolute atomic E-state index is 0.0829. The second-order valence-corrected chi connectivity index (χ2v) is 5.31. The molecule has 0 aliphatic rings. The van der Waals surface area contributed by atoms with E-state index in [9.17, 15) is 15.0 Å². The fraction of sp³-hybridized carbons (Fsp3) is 0.211. The van der Waals surface area contributed by atoms with Crippen molar-refractivity contribution in [3.05, 3.63) is 53.6 Å². The van der Waals surface area contributed by atoms with Gasteiger partial charge in [0.1, 0.15) is 5.75 Å². The third-order valence-electron chi connectivity index (χ3n) is 3.58. The number of phenolic OH excluding ortho intramolecular Hbond substituents is 2. The van der Waals surface area contributed by atoms with Crippen molar-refractivity contribution >= 4 is 12.0 Å². The van der Waals surface area contributed by atoms with E-state index in [-0.39, 0.29) is 28.9 Å². The van der Waals surface area contributed by atoms with Crippen LogP contribution < -0.4 is 14.8 Å². The zero-order chi connectivity index (χ0) is 18.2. The molecule has 6 heteroatoms. The Kier molecular flexibility index (Phi) is 6.28. The number of hydrogen-bond donors (Lipinski definition) is 3. The molecule has 0 aliphatic heterocycles. The largest absolute Gasteiger partial charge is 0.508 e. The summed E-state index contributed by atoms with van der Waals surface area (Å²) >= 11 is 0. The van der Waals surface area contributed by atoms with E-state index in [0.29, 0.717) is 18.5 Å². The van der Waals surface area contributed by atoms with Crippen molar-refractivity contribution in [1.29, 1.82) is 0 Å². The van der Waals surface area contributed by atoms with Crippen LogP contribution in [0.2, 0.25) is 0 Å². The van der Waals surface area contributed by atoms with Crippen molar-refractivity contribution in [2.24, 2.45) is 0 Å². The third-order valence-corrected chi connectivity index (χ3v) is 3.58. The van der Waals surface area contributed by atoms with E-state index in [4.69, 9.17) is 9.47 Å². The molecule has 6 nitrogen and oxygen atoms in total. The second-order valence-electron chi connectivity index (χ2n) is 5.31. The summed E-state index contributed by atoms with van der Waals surface area (Å²) in [4.78, 5) is 11.9. The number of nitrogens with one attached hydrogen (secondary N) is 1. The molecule has 0 spiro atoms. The van der Waals surface area contributed by atoms with Crippen LogP contribution in [0.1, 0.15) is 11.1 Å². The third kappa shape index (κ3) is 5.17. The van der Waals surface area contributed by atoms with Gasteiger partial charge in [-0.1, -0.05) is 12.1 Å². The van der Waals surface area contributed by atoms with Crippen molar-refractivity contribution in [3.63, 3.8) is 0 Å². The van der Waals surface area contributed by atoms with Gasteiger partial charge in [0.2, 0.25) is 11.7 Å². The van der Waals surface area contributed by atoms with Gasteiger partial charge in [0.25, 0.3) is 0 Å². The Morgan fingerprint density at radius 2 is 1.68 bits per heavy atom. The summed E-state index contributed by atoms with van der Waals surface area (Å²) in [7, 11) is 2.88. The number of carbonyl (C=O) groups excluding carboxylic acids is 1. The van der Waals surface area contributed by atoms with E-state index in [0.717, 1.165) is 5.56 Å². The Bertz CT molecular complexity index is 728. The predicted octanol–water partition coefficient (Wildman–Crippen LogP) is 2.49. The highest BCUT2D eigenvalue weighted by molar-refractivity contribution is 5.91. The highest BCUT2D eigenvalue weighted by Gasteiger charge is 2.10. The standard InChI is InChI=1S/C19H21NO5/c1-24-16-11-14(12-17(25-2)19(16)23)5-8-18(22)20-10-9-13-3-6-15(21)7-4-13/h3-8,11-12,21,23H,9-10H2,1-2H3,(H,20,22)/b8-5+. The molecule has 2 rings (SSSR count). The molecule has 0 saturated carbocycles. The normalized spacial score (nSPS) is 10.6. The zero-order valence-corrected chi connectivity index (χ0v) is 14.2. The maximum Gasteiger partial charge on any atom is 0.244 e. The topological polar surface area (TPSA) is 88.0 Å². The van der Waals surface area contributed by atoms with Gasteiger partial charge >= 0.3 is 0 Å². The van der Waals surface area contributed by atoms with E-state index in [1.165, 1.54) is 20.3 Å². The Labute approximate surface area is 146 Å². The predicted molar refractivity (Wildman–Crippen MR) is 95.1 cm³/mol. The molecule has 0 saturated heterocycles. The van der Waals surface area contributed by atoms with Crippen LogP contribution in [0.15, 0.2) is 42.5 Å². The van der Waals surface area contributed by atoms with Gasteiger partial charge in [-0.3, -0.25) is 4.79 Å². The van der Waals surface area contributed by atoms with E-state index < -0.39 is 0 Å². The number of phenols is 2. The molecule has 0 heterocycles. The molecule has 0 unspecified atom stereocenters. The molecule has 2 aromatic carbocycles. The summed E-state index contributed by atoms with van der Waals surface area (Å²) in [6.45, 7) is 0.482. The first-order valence-corrected chi connectivity index (χ1v) is 7.72. The van der Waals surface area contributed by atoms with Crippen molar-refractivity contribution in [2.45, 2.75) is 6.42 Å². The highest BCUT2D eigenvalue weighted by Crippen LogP contribution is 2.37. The molecular weight excluding hydrogens is 322 g/mol. The van der Waals surface area contributed by atoms with E-state index in [2.05, 4.69) is 5.32 Å². The Morgan fingerprint density at radius 3 is 2.24 bits per heavy atom. The van der Waals surface area contributed by atoms with E-state index in [1.807, 2.05) is 12.1 Å². The average molecular weight is 343 g/mol. The van der Waals surface area contributed by atoms with Crippen molar-refractivity contribution in [2.75, 3.05) is 20.8 Å². The highest BCUT2D eigenvalue weighted by atomic mass is 16.5. The van der Waals surface area contributed by atoms with Gasteiger partial charge < -0.3 is 25.0 Å². The number of hydrogen-bond acceptors (Lipinski definition) is 5. The van der Waals surface area contributed by atoms with Crippen LogP contribution in [0.3, 0.4) is 0 Å². The summed E-state index contributed by atoms with van der Waals surface area (Å²) < 4.78 is 10.1. The molecular formula is C19H21NO5. The zero-order valence-electron chi connectivity index (χ0n) is 14.2. The van der Waals surface area contributed by atoms with Gasteiger partial charge in [-0.25, -0.2) is 0 Å². The van der Waals surface area contributed by atoms with Crippen LogP contribution in [-0.4, -0.2) is 36.9 Å². The van der Waals surface area contributed by atoms with E-state index >= 15 is 0 Å². The number of ether oxygens (including phenoxy) is 2. The second kappa shape index (κ2) is 8.63. The minimum atomic E-state index is -0.232. The van der Waals surface area contributed by atoms with Crippen molar-refractivity contribution < 1.29 is 24.5 Å². The number of amides is 1. The van der Waals surface area contributed by atoms with Crippen LogP contribution in [0, 0.1) is 0 Å². The van der Waals surface area contributed by atoms with Crippen molar-refractivity contribution in [3.8, 4) is 23.0 Å². The summed E-state index contributed by atoms with van der Waals surface area (Å²) in [5, 5.41) is 21.9. The number of aromatic hydroxyl groups is 2. The van der Waals surface area contributed by atoms with Gasteiger partial charge in [0.15, 0.2) is 11.5 Å². The molecule has 2 aromatic rings. The first-order chi connectivity index (χ1) is 12.0. The SMILES string of the molecule is COc1cc(/C=C/C(=O)NCCc2ccc(O)cc2)cc(OC)c1O. The summed E-state index contributed by atoms with van der Waals surface area (Å²) in [6.07, 6.45) is 3.68. The minimum Gasteiger partial charge on any atom is -0.508 e. The summed E-state index contributed by atoms with van der Waals surface area (Å²) in [5.74, 6) is 0.444. The summed E-state index contributed by atoms with van der Waals surface area (Å²) in [6, 6.07) is 10.1. The molecule has 0 radical (unpaired) electrons. The van der Waals surface area contributed by atoms with Crippen LogP contribution in [-0.2, 0) is 11.2 Å². The molecule has 0 aromatic heterocycles. The average Bonchev–Trinajstić information content (AvgIpc) is 2.62. The number of carbonyl (C=O) groups is 1. The Balaban J connectivity index is 1.92. The van der Waals surface area contributed by atoms with Crippen LogP contribution in [0.5, 0.6) is 23.0 Å². The van der Waals surface area contributed by atoms with Crippen LogP contribution in [0.4, 0.5) is 0 Å². The van der Waals surface area contributed by atoms with Gasteiger partial charge in [-0.05, 0) is 47.9 Å². The molecule has 0 aliphatic carbocycles. The lowest BCUT2D eigenvalue weighted by molar-refractivity contribution is -0.116. The fourth-order valence-electron chi connectivity index (χ4n) is 2.23. The quantitative estimate of drug-likeness (QED) is 0.672. The Morgan fingerprint density at radius 1 is 1.08 bits per heavy atom. The van der Waals surface area contributed by atoms with Gasteiger partial charge in [0, 0.05) is 12.6 Å². The summed E-state index contributed by atoms with van der Waals surface area (Å²) in [5.41, 5.74) is 1.69. The lowest BCUT2D eigenvalue weighted by Gasteiger charge is -2.09. The molecule has 132 valence electrons. The molecule has 0 atom stereocenters. The van der Waals surface area contributed by atoms with Crippen molar-refractivity contribution in [1.82, 2.24) is 5.32 Å². The molecule has 1 amide bonds. The first kappa shape index (κ1) is 18.2. The van der Waals surface area contributed by atoms with Gasteiger partial charge in [-0.2, -0.15) is 0 Å². The van der Waals surface area contributed by atoms with Gasteiger partial charge in [-0.15, -0.1) is 0 Å². The van der Waals surface area contributed by atoms with Crippen LogP contribution in [0.25, 0.3) is 6.08 Å². The smallest absolute Gasteiger partial charge is 0.244 e. The maximum atomic E-state index is 11.9. The number of methoxy groups -OCH3 is 2. The molecule has 0 bridgehead atoms. The van der Waals surface area contributed by atoms with E-state index in [1.54, 1.807) is 30.3 Å². The Hall–Kier alpha value is -3.15. The monoisotopic (exact) mass is 343 g/mol. The molecule has 3 N–H and O–H groups in total. The number of benzene rings is 2. The fourth-order valence-corrected chi connectivity index (χ4v) is 2.23. The lowest BCUT2D eigenvalue weighted by Crippen LogP contribution is -2.23. The molecule has 25 heavy (non-hydrogen) atoms. The van der Waals surface area contributed by atoms with Gasteiger partial charge in [0.05, 0.1) is 14.2 Å². The number of rotatable bonds is 7. The first-order valence-electron chi connectivity index (χ1n) is 7.72. The maximum absolute atomic E-state index is 11.9. The molecule has 0 fully saturated rings.